The number of fused-ring (bicyclic) bond motifs is 9. The second-order valence-electron chi connectivity index (χ2n) is 12.2. The van der Waals surface area contributed by atoms with Gasteiger partial charge in [-0.25, -0.2) is 0 Å². The minimum Gasteiger partial charge on any atom is -0.309 e. The van der Waals surface area contributed by atoms with E-state index in [0.29, 0.717) is 0 Å². The van der Waals surface area contributed by atoms with Crippen LogP contribution in [0.4, 0.5) is 0 Å². The summed E-state index contributed by atoms with van der Waals surface area (Å²) in [6, 6.07) is 62.0. The van der Waals surface area contributed by atoms with E-state index in [2.05, 4.69) is 179 Å². The normalized spacial score (nSPS) is 11.9. The number of benzene rings is 8. The van der Waals surface area contributed by atoms with Gasteiger partial charge in [-0.15, -0.1) is 0 Å². The van der Waals surface area contributed by atoms with Gasteiger partial charge >= 0.3 is 0 Å². The van der Waals surface area contributed by atoms with Gasteiger partial charge in [0.1, 0.15) is 0 Å². The maximum atomic E-state index is 2.44. The summed E-state index contributed by atoms with van der Waals surface area (Å²) in [7, 11) is 0. The summed E-state index contributed by atoms with van der Waals surface area (Å²) in [5, 5.41) is 10.1. The highest BCUT2D eigenvalue weighted by atomic mass is 15.0. The molecule has 10 rings (SSSR count). The molecule has 8 aromatic carbocycles. The molecule has 0 radical (unpaired) electrons. The molecule has 2 aromatic heterocycles. The zero-order chi connectivity index (χ0) is 30.2. The molecule has 0 aliphatic rings. The first-order valence-corrected chi connectivity index (χ1v) is 15.9. The van der Waals surface area contributed by atoms with Crippen molar-refractivity contribution >= 4 is 65.2 Å². The Kier molecular flexibility index (Phi) is 5.31. The predicted octanol–water partition coefficient (Wildman–Crippen LogP) is 11.9. The van der Waals surface area contributed by atoms with Crippen molar-refractivity contribution in [1.82, 2.24) is 9.13 Å². The Morgan fingerprint density at radius 2 is 0.783 bits per heavy atom. The number of hydrogen-bond donors (Lipinski definition) is 0. The number of hydrogen-bond acceptors (Lipinski definition) is 0. The Bertz CT molecular complexity index is 2810. The van der Waals surface area contributed by atoms with Gasteiger partial charge in [0, 0.05) is 32.9 Å². The number of aromatic nitrogens is 2. The second-order valence-corrected chi connectivity index (χ2v) is 12.2. The van der Waals surface area contributed by atoms with E-state index in [1.165, 1.54) is 82.0 Å². The molecular weight excluding hydrogens is 556 g/mol. The molecule has 0 saturated carbocycles. The van der Waals surface area contributed by atoms with Crippen LogP contribution in [0.1, 0.15) is 0 Å². The van der Waals surface area contributed by atoms with Gasteiger partial charge in [0.15, 0.2) is 0 Å². The van der Waals surface area contributed by atoms with Crippen LogP contribution in [-0.2, 0) is 0 Å². The third-order valence-corrected chi connectivity index (χ3v) is 9.65. The fourth-order valence-electron chi connectivity index (χ4n) is 7.58. The highest BCUT2D eigenvalue weighted by Crippen LogP contribution is 2.42. The molecular formula is C44H28N2. The van der Waals surface area contributed by atoms with Crippen molar-refractivity contribution in [2.45, 2.75) is 0 Å². The molecule has 46 heavy (non-hydrogen) atoms. The maximum Gasteiger partial charge on any atom is 0.0548 e. The van der Waals surface area contributed by atoms with Crippen molar-refractivity contribution in [2.24, 2.45) is 0 Å². The van der Waals surface area contributed by atoms with Crippen molar-refractivity contribution in [1.29, 1.82) is 0 Å². The van der Waals surface area contributed by atoms with Crippen molar-refractivity contribution < 1.29 is 0 Å². The Balaban J connectivity index is 1.26. The van der Waals surface area contributed by atoms with Gasteiger partial charge in [0.25, 0.3) is 0 Å². The van der Waals surface area contributed by atoms with Gasteiger partial charge in [-0.2, -0.15) is 0 Å². The lowest BCUT2D eigenvalue weighted by molar-refractivity contribution is 1.17. The average Bonchev–Trinajstić information content (AvgIpc) is 3.64. The van der Waals surface area contributed by atoms with Crippen LogP contribution in [0.2, 0.25) is 0 Å². The lowest BCUT2D eigenvalue weighted by atomic mass is 10.0. The van der Waals surface area contributed by atoms with Crippen LogP contribution < -0.4 is 0 Å². The molecule has 10 aromatic rings. The first-order valence-electron chi connectivity index (χ1n) is 15.9. The molecule has 0 atom stereocenters. The number of rotatable bonds is 3. The van der Waals surface area contributed by atoms with Gasteiger partial charge in [0.2, 0.25) is 0 Å². The fourth-order valence-corrected chi connectivity index (χ4v) is 7.58. The van der Waals surface area contributed by atoms with E-state index in [9.17, 15) is 0 Å². The van der Waals surface area contributed by atoms with E-state index in [4.69, 9.17) is 0 Å². The summed E-state index contributed by atoms with van der Waals surface area (Å²) in [6.07, 6.45) is 0. The van der Waals surface area contributed by atoms with Crippen molar-refractivity contribution in [2.75, 3.05) is 0 Å². The monoisotopic (exact) mass is 584 g/mol. The standard InChI is InChI=1S/C44H28N2/c1-3-12-31-26-34(21-20-29(31)10-1)33-14-9-15-35(28-33)45-39-18-7-5-16-37(39)43-41(45)24-25-42-44(43)38-17-6-8-19-40(38)46(42)36-23-22-30-11-2-4-13-32(30)27-36/h1-28H. The first-order chi connectivity index (χ1) is 22.8. The van der Waals surface area contributed by atoms with Crippen LogP contribution in [0.25, 0.3) is 87.7 Å². The third kappa shape index (κ3) is 3.65. The van der Waals surface area contributed by atoms with E-state index in [1.807, 2.05) is 0 Å². The summed E-state index contributed by atoms with van der Waals surface area (Å²) in [5.74, 6) is 0. The number of para-hydroxylation sites is 2. The number of nitrogens with zero attached hydrogens (tertiary/aromatic N) is 2. The SMILES string of the molecule is c1cc(-c2ccc3ccccc3c2)cc(-n2c3ccccc3c3c4c5ccccc5n(-c5ccc6ccccc6c5)c4ccc32)c1. The van der Waals surface area contributed by atoms with Crippen molar-refractivity contribution in [3.8, 4) is 22.5 Å². The largest absolute Gasteiger partial charge is 0.309 e. The lowest BCUT2D eigenvalue weighted by Crippen LogP contribution is -1.95. The van der Waals surface area contributed by atoms with Gasteiger partial charge in [-0.1, -0.05) is 115 Å². The molecule has 0 aliphatic heterocycles. The Morgan fingerprint density at radius 3 is 1.43 bits per heavy atom. The van der Waals surface area contributed by atoms with E-state index in [1.54, 1.807) is 0 Å². The molecule has 0 saturated heterocycles. The smallest absolute Gasteiger partial charge is 0.0548 e. The zero-order valence-corrected chi connectivity index (χ0v) is 25.1. The van der Waals surface area contributed by atoms with Gasteiger partial charge < -0.3 is 9.13 Å². The molecule has 0 unspecified atom stereocenters. The molecule has 0 bridgehead atoms. The summed E-state index contributed by atoms with van der Waals surface area (Å²) in [6.45, 7) is 0. The van der Waals surface area contributed by atoms with E-state index >= 15 is 0 Å². The Morgan fingerprint density at radius 1 is 0.283 bits per heavy atom. The quantitative estimate of drug-likeness (QED) is 0.195. The molecule has 0 amide bonds. The molecule has 0 spiro atoms. The van der Waals surface area contributed by atoms with Gasteiger partial charge in [-0.3, -0.25) is 0 Å². The highest BCUT2D eigenvalue weighted by Gasteiger charge is 2.20. The van der Waals surface area contributed by atoms with Crippen LogP contribution >= 0.6 is 0 Å². The van der Waals surface area contributed by atoms with Crippen LogP contribution in [-0.4, -0.2) is 9.13 Å². The molecule has 0 N–H and O–H groups in total. The molecule has 0 aliphatic carbocycles. The fraction of sp³-hybridized carbons (Fsp3) is 0. The Hall–Kier alpha value is -6.12. The van der Waals surface area contributed by atoms with Crippen molar-refractivity contribution in [3.63, 3.8) is 0 Å². The van der Waals surface area contributed by atoms with Crippen LogP contribution in [0.5, 0.6) is 0 Å². The van der Waals surface area contributed by atoms with Crippen molar-refractivity contribution in [3.05, 3.63) is 170 Å². The van der Waals surface area contributed by atoms with Crippen LogP contribution in [0, 0.1) is 0 Å². The molecule has 214 valence electrons. The topological polar surface area (TPSA) is 9.86 Å². The third-order valence-electron chi connectivity index (χ3n) is 9.65. The summed E-state index contributed by atoms with van der Waals surface area (Å²) < 4.78 is 4.87. The van der Waals surface area contributed by atoms with E-state index < -0.39 is 0 Å². The lowest BCUT2D eigenvalue weighted by Gasteiger charge is -2.12. The van der Waals surface area contributed by atoms with Gasteiger partial charge in [0.05, 0.1) is 22.1 Å². The Labute approximate surface area is 266 Å². The van der Waals surface area contributed by atoms with Crippen LogP contribution in [0.3, 0.4) is 0 Å². The van der Waals surface area contributed by atoms with E-state index in [0.717, 1.165) is 5.69 Å². The minimum atomic E-state index is 1.16. The summed E-state index contributed by atoms with van der Waals surface area (Å²) >= 11 is 0. The average molecular weight is 585 g/mol. The first kappa shape index (κ1) is 25.2. The summed E-state index contributed by atoms with van der Waals surface area (Å²) in [4.78, 5) is 0. The molecule has 2 nitrogen and oxygen atoms in total. The molecule has 0 fully saturated rings. The maximum absolute atomic E-state index is 2.44. The summed E-state index contributed by atoms with van der Waals surface area (Å²) in [5.41, 5.74) is 9.64. The second kappa shape index (κ2) is 9.69. The van der Waals surface area contributed by atoms with E-state index in [-0.39, 0.29) is 0 Å². The highest BCUT2D eigenvalue weighted by molar-refractivity contribution is 6.29. The predicted molar refractivity (Wildman–Crippen MR) is 196 cm³/mol. The van der Waals surface area contributed by atoms with Crippen LogP contribution in [0.15, 0.2) is 170 Å². The zero-order valence-electron chi connectivity index (χ0n) is 25.1. The molecule has 2 heterocycles. The van der Waals surface area contributed by atoms with Gasteiger partial charge in [-0.05, 0) is 87.3 Å². The minimum absolute atomic E-state index is 1.16. The molecule has 2 heteroatoms.